The molecule has 0 atom stereocenters. The van der Waals surface area contributed by atoms with Gasteiger partial charge in [0, 0.05) is 0 Å². The average molecular weight is 337 g/mol. The number of nitrogens with one attached hydrogen (secondary N) is 1. The van der Waals surface area contributed by atoms with Crippen LogP contribution in [0, 0.1) is 13.8 Å². The van der Waals surface area contributed by atoms with Crippen LogP contribution < -0.4 is 10.1 Å². The van der Waals surface area contributed by atoms with Crippen molar-refractivity contribution >= 4 is 11.9 Å². The minimum absolute atomic E-state index is 0.0691. The Bertz CT molecular complexity index is 839. The molecule has 1 heterocycles. The highest BCUT2D eigenvalue weighted by atomic mass is 16.5. The number of aromatic nitrogens is 2. The summed E-state index contributed by atoms with van der Waals surface area (Å²) in [5.74, 6) is 0.719. The number of anilines is 1. The molecule has 6 heteroatoms. The van der Waals surface area contributed by atoms with Crippen molar-refractivity contribution in [3.63, 3.8) is 0 Å². The summed E-state index contributed by atoms with van der Waals surface area (Å²) < 4.78 is 10.9. The Balaban J connectivity index is 1.51. The number of amides is 1. The van der Waals surface area contributed by atoms with Gasteiger partial charge in [-0.15, -0.1) is 5.10 Å². The minimum Gasteiger partial charge on any atom is -0.484 e. The molecule has 3 aromatic rings. The summed E-state index contributed by atoms with van der Waals surface area (Å²) in [5.41, 5.74) is 3.38. The van der Waals surface area contributed by atoms with E-state index in [2.05, 4.69) is 15.5 Å². The molecule has 6 nitrogen and oxygen atoms in total. The summed E-state index contributed by atoms with van der Waals surface area (Å²) in [5, 5.41) is 10.3. The van der Waals surface area contributed by atoms with E-state index in [-0.39, 0.29) is 18.5 Å². The lowest BCUT2D eigenvalue weighted by Crippen LogP contribution is -2.20. The maximum absolute atomic E-state index is 11.9. The SMILES string of the molecule is Cc1ccc(Cc2nnc(NC(=O)COc3ccc(C)cc3)o2)cc1. The Morgan fingerprint density at radius 3 is 2.32 bits per heavy atom. The van der Waals surface area contributed by atoms with Gasteiger partial charge in [-0.1, -0.05) is 52.6 Å². The molecule has 3 rings (SSSR count). The van der Waals surface area contributed by atoms with Crippen molar-refractivity contribution in [1.29, 1.82) is 0 Å². The number of carbonyl (C=O) groups excluding carboxylic acids is 1. The van der Waals surface area contributed by atoms with Gasteiger partial charge in [0.05, 0.1) is 6.42 Å². The zero-order valence-corrected chi connectivity index (χ0v) is 14.2. The second kappa shape index (κ2) is 7.61. The van der Waals surface area contributed by atoms with E-state index in [0.29, 0.717) is 18.1 Å². The van der Waals surface area contributed by atoms with E-state index in [0.717, 1.165) is 11.1 Å². The molecule has 0 aliphatic rings. The van der Waals surface area contributed by atoms with Gasteiger partial charge >= 0.3 is 6.01 Å². The third kappa shape index (κ3) is 4.91. The Hall–Kier alpha value is -3.15. The molecular formula is C19H19N3O3. The van der Waals surface area contributed by atoms with Gasteiger partial charge in [-0.3, -0.25) is 10.1 Å². The molecule has 0 saturated heterocycles. The number of rotatable bonds is 6. The van der Waals surface area contributed by atoms with Crippen LogP contribution in [-0.2, 0) is 11.2 Å². The smallest absolute Gasteiger partial charge is 0.322 e. The Labute approximate surface area is 145 Å². The Kier molecular flexibility index (Phi) is 5.09. The maximum atomic E-state index is 11.9. The molecule has 0 unspecified atom stereocenters. The van der Waals surface area contributed by atoms with E-state index in [9.17, 15) is 4.79 Å². The first kappa shape index (κ1) is 16.7. The molecule has 0 bridgehead atoms. The predicted octanol–water partition coefficient (Wildman–Crippen LogP) is 3.29. The number of nitrogens with zero attached hydrogens (tertiary/aromatic N) is 2. The summed E-state index contributed by atoms with van der Waals surface area (Å²) in [7, 11) is 0. The zero-order chi connectivity index (χ0) is 17.6. The lowest BCUT2D eigenvalue weighted by Gasteiger charge is -2.05. The van der Waals surface area contributed by atoms with Gasteiger partial charge in [-0.05, 0) is 31.5 Å². The van der Waals surface area contributed by atoms with Gasteiger partial charge in [-0.25, -0.2) is 0 Å². The van der Waals surface area contributed by atoms with Crippen molar-refractivity contribution in [3.05, 3.63) is 71.1 Å². The molecule has 1 aromatic heterocycles. The molecule has 128 valence electrons. The fraction of sp³-hybridized carbons (Fsp3) is 0.211. The van der Waals surface area contributed by atoms with Crippen molar-refractivity contribution in [3.8, 4) is 5.75 Å². The lowest BCUT2D eigenvalue weighted by molar-refractivity contribution is -0.118. The first-order chi connectivity index (χ1) is 12.1. The van der Waals surface area contributed by atoms with Gasteiger partial charge in [-0.2, -0.15) is 0 Å². The van der Waals surface area contributed by atoms with Gasteiger partial charge < -0.3 is 9.15 Å². The summed E-state index contributed by atoms with van der Waals surface area (Å²) in [6.07, 6.45) is 0.517. The third-order valence-corrected chi connectivity index (χ3v) is 3.58. The fourth-order valence-corrected chi connectivity index (χ4v) is 2.19. The van der Waals surface area contributed by atoms with Crippen LogP contribution in [0.3, 0.4) is 0 Å². The van der Waals surface area contributed by atoms with Crippen LogP contribution in [0.2, 0.25) is 0 Å². The van der Waals surface area contributed by atoms with E-state index in [1.807, 2.05) is 62.4 Å². The van der Waals surface area contributed by atoms with Gasteiger partial charge in [0.2, 0.25) is 5.89 Å². The molecule has 0 aliphatic heterocycles. The van der Waals surface area contributed by atoms with Gasteiger partial charge in [0.25, 0.3) is 5.91 Å². The van der Waals surface area contributed by atoms with Crippen LogP contribution in [0.15, 0.2) is 52.9 Å². The highest BCUT2D eigenvalue weighted by molar-refractivity contribution is 5.89. The number of aryl methyl sites for hydroxylation is 2. The lowest BCUT2D eigenvalue weighted by atomic mass is 10.1. The Morgan fingerprint density at radius 2 is 1.64 bits per heavy atom. The first-order valence-corrected chi connectivity index (χ1v) is 7.96. The van der Waals surface area contributed by atoms with Crippen LogP contribution in [-0.4, -0.2) is 22.7 Å². The maximum Gasteiger partial charge on any atom is 0.322 e. The Morgan fingerprint density at radius 1 is 1.00 bits per heavy atom. The number of hydrogen-bond donors (Lipinski definition) is 1. The minimum atomic E-state index is -0.355. The molecule has 25 heavy (non-hydrogen) atoms. The van der Waals surface area contributed by atoms with Crippen molar-refractivity contribution in [2.45, 2.75) is 20.3 Å². The normalized spacial score (nSPS) is 10.5. The largest absolute Gasteiger partial charge is 0.484 e. The van der Waals surface area contributed by atoms with E-state index in [1.54, 1.807) is 0 Å². The first-order valence-electron chi connectivity index (χ1n) is 7.96. The standard InChI is InChI=1S/C19H19N3O3/c1-13-3-7-15(8-4-13)11-18-21-22-19(25-18)20-17(23)12-24-16-9-5-14(2)6-10-16/h3-10H,11-12H2,1-2H3,(H,20,22,23). The van der Waals surface area contributed by atoms with Crippen LogP contribution in [0.4, 0.5) is 6.01 Å². The van der Waals surface area contributed by atoms with Crippen LogP contribution in [0.25, 0.3) is 0 Å². The van der Waals surface area contributed by atoms with Crippen molar-refractivity contribution in [1.82, 2.24) is 10.2 Å². The molecule has 0 spiro atoms. The van der Waals surface area contributed by atoms with Crippen LogP contribution in [0.1, 0.15) is 22.6 Å². The van der Waals surface area contributed by atoms with Gasteiger partial charge in [0.1, 0.15) is 5.75 Å². The molecule has 0 saturated carbocycles. The van der Waals surface area contributed by atoms with Gasteiger partial charge in [0.15, 0.2) is 6.61 Å². The highest BCUT2D eigenvalue weighted by Crippen LogP contribution is 2.13. The van der Waals surface area contributed by atoms with E-state index >= 15 is 0 Å². The second-order valence-corrected chi connectivity index (χ2v) is 5.81. The number of benzene rings is 2. The molecule has 0 fully saturated rings. The predicted molar refractivity (Wildman–Crippen MR) is 93.6 cm³/mol. The van der Waals surface area contributed by atoms with E-state index < -0.39 is 0 Å². The van der Waals surface area contributed by atoms with E-state index in [4.69, 9.17) is 9.15 Å². The topological polar surface area (TPSA) is 77.2 Å². The second-order valence-electron chi connectivity index (χ2n) is 5.81. The number of carbonyl (C=O) groups is 1. The number of hydrogen-bond acceptors (Lipinski definition) is 5. The van der Waals surface area contributed by atoms with Crippen molar-refractivity contribution in [2.24, 2.45) is 0 Å². The van der Waals surface area contributed by atoms with Crippen LogP contribution in [0.5, 0.6) is 5.75 Å². The zero-order valence-electron chi connectivity index (χ0n) is 14.2. The highest BCUT2D eigenvalue weighted by Gasteiger charge is 2.11. The fourth-order valence-electron chi connectivity index (χ4n) is 2.19. The molecule has 0 radical (unpaired) electrons. The summed E-state index contributed by atoms with van der Waals surface area (Å²) in [4.78, 5) is 11.9. The average Bonchev–Trinajstić information content (AvgIpc) is 3.03. The van der Waals surface area contributed by atoms with Crippen molar-refractivity contribution in [2.75, 3.05) is 11.9 Å². The number of ether oxygens (including phenoxy) is 1. The quantitative estimate of drug-likeness (QED) is 0.747. The van der Waals surface area contributed by atoms with E-state index in [1.165, 1.54) is 5.56 Å². The monoisotopic (exact) mass is 337 g/mol. The molecule has 0 aliphatic carbocycles. The summed E-state index contributed by atoms with van der Waals surface area (Å²) in [6.45, 7) is 3.89. The summed E-state index contributed by atoms with van der Waals surface area (Å²) >= 11 is 0. The third-order valence-electron chi connectivity index (χ3n) is 3.58. The van der Waals surface area contributed by atoms with Crippen molar-refractivity contribution < 1.29 is 13.9 Å². The van der Waals surface area contributed by atoms with Crippen LogP contribution >= 0.6 is 0 Å². The molecule has 2 aromatic carbocycles. The molecule has 1 N–H and O–H groups in total. The summed E-state index contributed by atoms with van der Waals surface area (Å²) in [6, 6.07) is 15.6. The molecular weight excluding hydrogens is 318 g/mol. The molecule has 1 amide bonds.